The number of aromatic nitrogens is 2. The minimum Gasteiger partial charge on any atom is -0.292 e. The lowest BCUT2D eigenvalue weighted by molar-refractivity contribution is 0.120. The number of fused-ring (bicyclic) bond motifs is 1. The zero-order valence-electron chi connectivity index (χ0n) is 13.5. The van der Waals surface area contributed by atoms with Gasteiger partial charge in [0.25, 0.3) is 0 Å². The standard InChI is InChI=1S/C16H26N4O2S/c21-23(22,16-5-6-16)18-10-8-15-12-19(13-3-1-2-4-13)11-14-7-9-17-20(14)15/h7,9,13,15-16,18H,1-6,8,10-12H2. The van der Waals surface area contributed by atoms with Gasteiger partial charge in [0, 0.05) is 31.9 Å². The third-order valence-electron chi connectivity index (χ3n) is 5.49. The second-order valence-electron chi connectivity index (χ2n) is 7.22. The van der Waals surface area contributed by atoms with Gasteiger partial charge >= 0.3 is 0 Å². The van der Waals surface area contributed by atoms with Gasteiger partial charge in [-0.15, -0.1) is 0 Å². The molecule has 0 spiro atoms. The number of nitrogens with zero attached hydrogens (tertiary/aromatic N) is 3. The number of rotatable bonds is 6. The van der Waals surface area contributed by atoms with Crippen LogP contribution in [0.1, 0.15) is 56.7 Å². The highest BCUT2D eigenvalue weighted by Gasteiger charge is 2.36. The maximum Gasteiger partial charge on any atom is 0.214 e. The van der Waals surface area contributed by atoms with E-state index in [1.165, 1.54) is 31.4 Å². The lowest BCUT2D eigenvalue weighted by atomic mass is 10.1. The van der Waals surface area contributed by atoms with Crippen LogP contribution in [-0.4, -0.2) is 47.5 Å². The van der Waals surface area contributed by atoms with Crippen molar-refractivity contribution in [1.82, 2.24) is 19.4 Å². The van der Waals surface area contributed by atoms with Crippen LogP contribution in [0.2, 0.25) is 0 Å². The summed E-state index contributed by atoms with van der Waals surface area (Å²) in [4.78, 5) is 2.59. The first-order chi connectivity index (χ1) is 11.1. The van der Waals surface area contributed by atoms with Crippen LogP contribution in [0.15, 0.2) is 12.3 Å². The molecule has 1 aliphatic heterocycles. The van der Waals surface area contributed by atoms with Crippen LogP contribution in [0.5, 0.6) is 0 Å². The Bertz CT molecular complexity index is 647. The Kier molecular flexibility index (Phi) is 4.19. The van der Waals surface area contributed by atoms with Gasteiger partial charge in [-0.25, -0.2) is 13.1 Å². The Hall–Kier alpha value is -0.920. The van der Waals surface area contributed by atoms with Gasteiger partial charge in [-0.2, -0.15) is 5.10 Å². The zero-order valence-corrected chi connectivity index (χ0v) is 14.3. The molecule has 4 rings (SSSR count). The third-order valence-corrected chi connectivity index (χ3v) is 7.45. The summed E-state index contributed by atoms with van der Waals surface area (Å²) in [5.41, 5.74) is 1.26. The van der Waals surface area contributed by atoms with Gasteiger partial charge < -0.3 is 0 Å². The van der Waals surface area contributed by atoms with E-state index in [0.29, 0.717) is 12.6 Å². The Labute approximate surface area is 138 Å². The molecule has 7 heteroatoms. The van der Waals surface area contributed by atoms with E-state index < -0.39 is 10.0 Å². The van der Waals surface area contributed by atoms with Crippen molar-refractivity contribution in [3.63, 3.8) is 0 Å². The van der Waals surface area contributed by atoms with Crippen molar-refractivity contribution in [3.05, 3.63) is 18.0 Å². The van der Waals surface area contributed by atoms with E-state index in [0.717, 1.165) is 32.4 Å². The molecule has 2 heterocycles. The van der Waals surface area contributed by atoms with Crippen LogP contribution in [0.25, 0.3) is 0 Å². The predicted octanol–water partition coefficient (Wildman–Crippen LogP) is 1.65. The lowest BCUT2D eigenvalue weighted by Crippen LogP contribution is -2.43. The summed E-state index contributed by atoms with van der Waals surface area (Å²) in [6, 6.07) is 3.07. The summed E-state index contributed by atoms with van der Waals surface area (Å²) in [7, 11) is -3.07. The maximum absolute atomic E-state index is 12.0. The van der Waals surface area contributed by atoms with Gasteiger partial charge in [-0.1, -0.05) is 12.8 Å². The fourth-order valence-corrected chi connectivity index (χ4v) is 5.44. The van der Waals surface area contributed by atoms with E-state index in [2.05, 4.69) is 25.5 Å². The second-order valence-corrected chi connectivity index (χ2v) is 9.26. The molecule has 23 heavy (non-hydrogen) atoms. The van der Waals surface area contributed by atoms with Crippen molar-refractivity contribution in [2.75, 3.05) is 13.1 Å². The summed E-state index contributed by atoms with van der Waals surface area (Å²) in [5.74, 6) is 0. The molecule has 1 atom stereocenters. The number of sulfonamides is 1. The van der Waals surface area contributed by atoms with Gasteiger partial charge in [0.05, 0.1) is 17.0 Å². The molecule has 0 radical (unpaired) electrons. The topological polar surface area (TPSA) is 67.2 Å². The van der Waals surface area contributed by atoms with Crippen molar-refractivity contribution in [2.45, 2.75) is 68.8 Å². The minimum absolute atomic E-state index is 0.135. The first kappa shape index (κ1) is 15.6. The molecule has 1 aromatic rings. The Morgan fingerprint density at radius 3 is 2.74 bits per heavy atom. The van der Waals surface area contributed by atoms with Crippen molar-refractivity contribution in [1.29, 1.82) is 0 Å². The molecule has 1 N–H and O–H groups in total. The van der Waals surface area contributed by atoms with Gasteiger partial charge in [0.15, 0.2) is 0 Å². The highest BCUT2D eigenvalue weighted by atomic mass is 32.2. The van der Waals surface area contributed by atoms with E-state index in [-0.39, 0.29) is 11.3 Å². The maximum atomic E-state index is 12.0. The molecule has 0 bridgehead atoms. The van der Waals surface area contributed by atoms with Crippen LogP contribution in [0, 0.1) is 0 Å². The highest BCUT2D eigenvalue weighted by Crippen LogP contribution is 2.31. The number of nitrogens with one attached hydrogen (secondary N) is 1. The van der Waals surface area contributed by atoms with E-state index >= 15 is 0 Å². The molecule has 3 aliphatic rings. The Morgan fingerprint density at radius 2 is 2.00 bits per heavy atom. The van der Waals surface area contributed by atoms with Crippen LogP contribution < -0.4 is 4.72 Å². The molecule has 1 unspecified atom stereocenters. The van der Waals surface area contributed by atoms with Crippen LogP contribution in [0.3, 0.4) is 0 Å². The van der Waals surface area contributed by atoms with E-state index in [4.69, 9.17) is 0 Å². The summed E-state index contributed by atoms with van der Waals surface area (Å²) in [6.07, 6.45) is 9.59. The molecule has 0 saturated heterocycles. The van der Waals surface area contributed by atoms with E-state index in [1.807, 2.05) is 6.20 Å². The van der Waals surface area contributed by atoms with Crippen molar-refractivity contribution >= 4 is 10.0 Å². The Morgan fingerprint density at radius 1 is 1.22 bits per heavy atom. The molecule has 2 fully saturated rings. The lowest BCUT2D eigenvalue weighted by Gasteiger charge is -2.37. The molecule has 0 aromatic carbocycles. The van der Waals surface area contributed by atoms with Crippen molar-refractivity contribution < 1.29 is 8.42 Å². The van der Waals surface area contributed by atoms with Crippen LogP contribution in [-0.2, 0) is 16.6 Å². The predicted molar refractivity (Wildman–Crippen MR) is 88.5 cm³/mol. The average Bonchev–Trinajstić information content (AvgIpc) is 3.07. The smallest absolute Gasteiger partial charge is 0.214 e. The summed E-state index contributed by atoms with van der Waals surface area (Å²) in [6.45, 7) is 2.49. The minimum atomic E-state index is -3.07. The highest BCUT2D eigenvalue weighted by molar-refractivity contribution is 7.90. The normalized spacial score (nSPS) is 26.5. The molecule has 128 valence electrons. The molecule has 2 aliphatic carbocycles. The van der Waals surface area contributed by atoms with Gasteiger partial charge in [0.2, 0.25) is 10.0 Å². The summed E-state index contributed by atoms with van der Waals surface area (Å²) in [5, 5.41) is 4.34. The fraction of sp³-hybridized carbons (Fsp3) is 0.812. The molecular formula is C16H26N4O2S. The van der Waals surface area contributed by atoms with Gasteiger partial charge in [0.1, 0.15) is 0 Å². The third kappa shape index (κ3) is 3.32. The zero-order chi connectivity index (χ0) is 15.9. The second kappa shape index (κ2) is 6.18. The van der Waals surface area contributed by atoms with Gasteiger partial charge in [-0.3, -0.25) is 9.58 Å². The number of hydrogen-bond donors (Lipinski definition) is 1. The first-order valence-electron chi connectivity index (χ1n) is 8.88. The fourth-order valence-electron chi connectivity index (χ4n) is 4.04. The van der Waals surface area contributed by atoms with Crippen LogP contribution >= 0.6 is 0 Å². The number of hydrogen-bond acceptors (Lipinski definition) is 4. The molecule has 2 saturated carbocycles. The van der Waals surface area contributed by atoms with Crippen molar-refractivity contribution in [2.24, 2.45) is 0 Å². The quantitative estimate of drug-likeness (QED) is 0.856. The van der Waals surface area contributed by atoms with E-state index in [9.17, 15) is 8.42 Å². The molecule has 6 nitrogen and oxygen atoms in total. The van der Waals surface area contributed by atoms with Gasteiger partial charge in [-0.05, 0) is 38.2 Å². The summed E-state index contributed by atoms with van der Waals surface area (Å²) >= 11 is 0. The van der Waals surface area contributed by atoms with E-state index in [1.54, 1.807) is 0 Å². The molecule has 0 amide bonds. The molecular weight excluding hydrogens is 312 g/mol. The SMILES string of the molecule is O=S(=O)(NCCC1CN(C2CCCC2)Cc2ccnn21)C1CC1. The summed E-state index contributed by atoms with van der Waals surface area (Å²) < 4.78 is 28.8. The van der Waals surface area contributed by atoms with Crippen molar-refractivity contribution in [3.8, 4) is 0 Å². The molecule has 1 aromatic heterocycles. The monoisotopic (exact) mass is 338 g/mol. The largest absolute Gasteiger partial charge is 0.292 e. The average molecular weight is 338 g/mol. The van der Waals surface area contributed by atoms with Crippen LogP contribution in [0.4, 0.5) is 0 Å². The Balaban J connectivity index is 1.40. The first-order valence-corrected chi connectivity index (χ1v) is 10.4.